The predicted molar refractivity (Wildman–Crippen MR) is 57.0 cm³/mol. The van der Waals surface area contributed by atoms with Gasteiger partial charge in [-0.1, -0.05) is 23.2 Å². The minimum Gasteiger partial charge on any atom is -0.371 e. The molecule has 0 aromatic heterocycles. The van der Waals surface area contributed by atoms with Gasteiger partial charge in [0, 0.05) is 23.1 Å². The molecule has 1 atom stereocenters. The standard InChI is InChI=1S/C10H10Cl2NO/c11-8-3-7(4-9(12)5-8)10-6-13-1-2-14-10/h3-5,10H,1-2,6H2/t10-/m1/s1. The van der Waals surface area contributed by atoms with Crippen LogP contribution < -0.4 is 5.32 Å². The third-order valence-electron chi connectivity index (χ3n) is 2.12. The van der Waals surface area contributed by atoms with Gasteiger partial charge < -0.3 is 4.74 Å². The number of nitrogens with zero attached hydrogens (tertiary/aromatic N) is 1. The van der Waals surface area contributed by atoms with E-state index in [1.807, 2.05) is 12.1 Å². The van der Waals surface area contributed by atoms with Gasteiger partial charge in [-0.25, -0.2) is 5.32 Å². The van der Waals surface area contributed by atoms with Gasteiger partial charge >= 0.3 is 0 Å². The molecular formula is C10H10Cl2NO. The van der Waals surface area contributed by atoms with Crippen LogP contribution in [-0.2, 0) is 4.74 Å². The Morgan fingerprint density at radius 1 is 1.21 bits per heavy atom. The lowest BCUT2D eigenvalue weighted by Gasteiger charge is -2.23. The maximum Gasteiger partial charge on any atom is 0.0967 e. The molecule has 75 valence electrons. The zero-order chi connectivity index (χ0) is 9.97. The van der Waals surface area contributed by atoms with Crippen LogP contribution in [0.3, 0.4) is 0 Å². The topological polar surface area (TPSA) is 23.3 Å². The first kappa shape index (κ1) is 10.2. The first-order chi connectivity index (χ1) is 6.75. The number of hydrogen-bond donors (Lipinski definition) is 0. The normalized spacial score (nSPS) is 22.3. The van der Waals surface area contributed by atoms with Crippen molar-refractivity contribution in [2.45, 2.75) is 6.10 Å². The molecule has 1 saturated heterocycles. The van der Waals surface area contributed by atoms with Gasteiger partial charge in [0.15, 0.2) is 0 Å². The van der Waals surface area contributed by atoms with Crippen LogP contribution >= 0.6 is 23.2 Å². The fourth-order valence-electron chi connectivity index (χ4n) is 1.48. The van der Waals surface area contributed by atoms with Crippen LogP contribution in [0, 0.1) is 0 Å². The third kappa shape index (κ3) is 2.39. The average Bonchev–Trinajstić information content (AvgIpc) is 2.18. The molecule has 2 nitrogen and oxygen atoms in total. The summed E-state index contributed by atoms with van der Waals surface area (Å²) in [7, 11) is 0. The highest BCUT2D eigenvalue weighted by atomic mass is 35.5. The number of hydrogen-bond acceptors (Lipinski definition) is 1. The summed E-state index contributed by atoms with van der Waals surface area (Å²) in [6, 6.07) is 5.46. The van der Waals surface area contributed by atoms with Crippen LogP contribution in [0.15, 0.2) is 18.2 Å². The molecule has 0 spiro atoms. The highest BCUT2D eigenvalue weighted by Gasteiger charge is 2.17. The molecule has 1 radical (unpaired) electrons. The van der Waals surface area contributed by atoms with Crippen LogP contribution in [0.4, 0.5) is 0 Å². The van der Waals surface area contributed by atoms with Gasteiger partial charge in [0.25, 0.3) is 0 Å². The molecule has 1 fully saturated rings. The van der Waals surface area contributed by atoms with E-state index in [0.717, 1.165) is 12.1 Å². The molecule has 1 aliphatic rings. The summed E-state index contributed by atoms with van der Waals surface area (Å²) in [5.41, 5.74) is 1.01. The van der Waals surface area contributed by atoms with Crippen LogP contribution in [-0.4, -0.2) is 19.7 Å². The number of rotatable bonds is 1. The smallest absolute Gasteiger partial charge is 0.0967 e. The molecule has 1 aromatic rings. The molecule has 1 aromatic carbocycles. The van der Waals surface area contributed by atoms with Crippen molar-refractivity contribution in [2.75, 3.05) is 19.7 Å². The predicted octanol–water partition coefficient (Wildman–Crippen LogP) is 2.67. The van der Waals surface area contributed by atoms with E-state index in [-0.39, 0.29) is 6.10 Å². The molecule has 1 aliphatic heterocycles. The van der Waals surface area contributed by atoms with Crippen molar-refractivity contribution < 1.29 is 4.74 Å². The van der Waals surface area contributed by atoms with Crippen LogP contribution in [0.1, 0.15) is 11.7 Å². The second kappa shape index (κ2) is 4.49. The van der Waals surface area contributed by atoms with E-state index in [1.54, 1.807) is 6.07 Å². The van der Waals surface area contributed by atoms with Crippen molar-refractivity contribution in [1.29, 1.82) is 0 Å². The molecule has 0 aliphatic carbocycles. The van der Waals surface area contributed by atoms with Gasteiger partial charge in [-0.05, 0) is 23.8 Å². The van der Waals surface area contributed by atoms with E-state index in [0.29, 0.717) is 23.2 Å². The van der Waals surface area contributed by atoms with Crippen molar-refractivity contribution in [1.82, 2.24) is 5.32 Å². The first-order valence-corrected chi connectivity index (χ1v) is 5.22. The SMILES string of the molecule is Clc1cc(Cl)cc([C@H]2C[N]CCO2)c1. The van der Waals surface area contributed by atoms with Crippen molar-refractivity contribution in [3.63, 3.8) is 0 Å². The Kier molecular flexibility index (Phi) is 3.29. The molecule has 14 heavy (non-hydrogen) atoms. The Morgan fingerprint density at radius 3 is 2.50 bits per heavy atom. The lowest BCUT2D eigenvalue weighted by molar-refractivity contribution is 0.0261. The Labute approximate surface area is 93.2 Å². The molecule has 1 heterocycles. The third-order valence-corrected chi connectivity index (χ3v) is 2.56. The second-order valence-electron chi connectivity index (χ2n) is 3.19. The van der Waals surface area contributed by atoms with Crippen molar-refractivity contribution in [2.24, 2.45) is 0 Å². The summed E-state index contributed by atoms with van der Waals surface area (Å²) in [5.74, 6) is 0. The van der Waals surface area contributed by atoms with Crippen molar-refractivity contribution in [3.8, 4) is 0 Å². The zero-order valence-corrected chi connectivity index (χ0v) is 9.05. The van der Waals surface area contributed by atoms with Gasteiger partial charge in [0.2, 0.25) is 0 Å². The lowest BCUT2D eigenvalue weighted by atomic mass is 10.1. The molecule has 0 bridgehead atoms. The quantitative estimate of drug-likeness (QED) is 0.728. The molecular weight excluding hydrogens is 221 g/mol. The van der Waals surface area contributed by atoms with Gasteiger partial charge in [-0.3, -0.25) is 0 Å². The minimum absolute atomic E-state index is 0.0138. The Balaban J connectivity index is 2.21. The van der Waals surface area contributed by atoms with E-state index in [9.17, 15) is 0 Å². The zero-order valence-electron chi connectivity index (χ0n) is 7.54. The average molecular weight is 231 g/mol. The number of benzene rings is 1. The van der Waals surface area contributed by atoms with E-state index in [2.05, 4.69) is 5.32 Å². The van der Waals surface area contributed by atoms with E-state index < -0.39 is 0 Å². The summed E-state index contributed by atoms with van der Waals surface area (Å²) in [6.07, 6.45) is 0.0138. The highest BCUT2D eigenvalue weighted by Crippen LogP contribution is 2.26. The van der Waals surface area contributed by atoms with Gasteiger partial charge in [0.1, 0.15) is 0 Å². The lowest BCUT2D eigenvalue weighted by Crippen LogP contribution is -2.28. The minimum atomic E-state index is 0.0138. The van der Waals surface area contributed by atoms with Gasteiger partial charge in [0.05, 0.1) is 12.7 Å². The highest BCUT2D eigenvalue weighted by molar-refractivity contribution is 6.34. The summed E-state index contributed by atoms with van der Waals surface area (Å²) in [4.78, 5) is 0. The number of halogens is 2. The fourth-order valence-corrected chi connectivity index (χ4v) is 2.03. The van der Waals surface area contributed by atoms with Gasteiger partial charge in [-0.2, -0.15) is 0 Å². The largest absolute Gasteiger partial charge is 0.371 e. The van der Waals surface area contributed by atoms with Crippen LogP contribution in [0.2, 0.25) is 10.0 Å². The summed E-state index contributed by atoms with van der Waals surface area (Å²) in [5, 5.41) is 5.56. The molecule has 4 heteroatoms. The molecule has 0 N–H and O–H groups in total. The Hall–Kier alpha value is -0.280. The monoisotopic (exact) mass is 230 g/mol. The summed E-state index contributed by atoms with van der Waals surface area (Å²) in [6.45, 7) is 2.15. The van der Waals surface area contributed by atoms with Crippen molar-refractivity contribution in [3.05, 3.63) is 33.8 Å². The molecule has 0 amide bonds. The number of morpholine rings is 1. The Morgan fingerprint density at radius 2 is 1.93 bits per heavy atom. The fraction of sp³-hybridized carbons (Fsp3) is 0.400. The molecule has 0 saturated carbocycles. The van der Waals surface area contributed by atoms with E-state index in [1.165, 1.54) is 0 Å². The van der Waals surface area contributed by atoms with Gasteiger partial charge in [-0.15, -0.1) is 0 Å². The second-order valence-corrected chi connectivity index (χ2v) is 4.06. The van der Waals surface area contributed by atoms with Crippen molar-refractivity contribution >= 4 is 23.2 Å². The maximum absolute atomic E-state index is 5.90. The van der Waals surface area contributed by atoms with E-state index >= 15 is 0 Å². The van der Waals surface area contributed by atoms with Crippen LogP contribution in [0.5, 0.6) is 0 Å². The molecule has 0 unspecified atom stereocenters. The summed E-state index contributed by atoms with van der Waals surface area (Å²) < 4.78 is 5.56. The van der Waals surface area contributed by atoms with E-state index in [4.69, 9.17) is 27.9 Å². The van der Waals surface area contributed by atoms with Crippen LogP contribution in [0.25, 0.3) is 0 Å². The summed E-state index contributed by atoms with van der Waals surface area (Å²) >= 11 is 11.8. The number of ether oxygens (including phenoxy) is 1. The Bertz CT molecular complexity index is 304. The molecule has 2 rings (SSSR count). The maximum atomic E-state index is 5.90. The first-order valence-electron chi connectivity index (χ1n) is 4.46.